The average Bonchev–Trinajstić information content (AvgIpc) is 2.39. The molecule has 4 heteroatoms. The summed E-state index contributed by atoms with van der Waals surface area (Å²) in [4.78, 5) is 4.93. The minimum atomic E-state index is 0.570. The van der Waals surface area contributed by atoms with Gasteiger partial charge in [-0.05, 0) is 38.1 Å². The quantitative estimate of drug-likeness (QED) is 0.920. The van der Waals surface area contributed by atoms with Crippen LogP contribution in [0.25, 0.3) is 0 Å². The first-order valence-corrected chi connectivity index (χ1v) is 7.51. The summed E-state index contributed by atoms with van der Waals surface area (Å²) >= 11 is 6.42. The summed E-state index contributed by atoms with van der Waals surface area (Å²) in [5.74, 6) is 0. The van der Waals surface area contributed by atoms with Crippen molar-refractivity contribution >= 4 is 17.3 Å². The lowest BCUT2D eigenvalue weighted by molar-refractivity contribution is 0.199. The third kappa shape index (κ3) is 3.22. The SMILES string of the molecule is CCN1CCN(c2c(Cl)cccc2CCN)CC1C. The molecule has 0 aliphatic carbocycles. The predicted molar refractivity (Wildman–Crippen MR) is 83.1 cm³/mol. The van der Waals surface area contributed by atoms with Gasteiger partial charge in [-0.3, -0.25) is 4.90 Å². The van der Waals surface area contributed by atoms with Gasteiger partial charge in [0.15, 0.2) is 0 Å². The Morgan fingerprint density at radius 2 is 2.16 bits per heavy atom. The number of nitrogens with two attached hydrogens (primary N) is 1. The number of benzene rings is 1. The average molecular weight is 282 g/mol. The fourth-order valence-corrected chi connectivity index (χ4v) is 3.25. The maximum Gasteiger partial charge on any atom is 0.0642 e. The lowest BCUT2D eigenvalue weighted by atomic mass is 10.1. The molecule has 1 aliphatic heterocycles. The highest BCUT2D eigenvalue weighted by atomic mass is 35.5. The van der Waals surface area contributed by atoms with Crippen LogP contribution in [0.4, 0.5) is 5.69 Å². The summed E-state index contributed by atoms with van der Waals surface area (Å²) in [6.45, 7) is 9.47. The first kappa shape index (κ1) is 14.6. The van der Waals surface area contributed by atoms with Gasteiger partial charge in [0.05, 0.1) is 10.7 Å². The van der Waals surface area contributed by atoms with E-state index < -0.39 is 0 Å². The number of nitrogens with zero attached hydrogens (tertiary/aromatic N) is 2. The number of anilines is 1. The summed E-state index contributed by atoms with van der Waals surface area (Å²) in [5.41, 5.74) is 8.17. The molecule has 106 valence electrons. The van der Waals surface area contributed by atoms with Crippen molar-refractivity contribution in [3.05, 3.63) is 28.8 Å². The van der Waals surface area contributed by atoms with Gasteiger partial charge in [0.2, 0.25) is 0 Å². The van der Waals surface area contributed by atoms with Gasteiger partial charge >= 0.3 is 0 Å². The molecule has 1 aliphatic rings. The fraction of sp³-hybridized carbons (Fsp3) is 0.600. The van der Waals surface area contributed by atoms with Crippen molar-refractivity contribution in [2.24, 2.45) is 5.73 Å². The Morgan fingerprint density at radius 3 is 2.79 bits per heavy atom. The number of likely N-dealkylation sites (N-methyl/N-ethyl adjacent to an activating group) is 1. The van der Waals surface area contributed by atoms with E-state index in [0.29, 0.717) is 12.6 Å². The highest BCUT2D eigenvalue weighted by molar-refractivity contribution is 6.33. The van der Waals surface area contributed by atoms with E-state index in [2.05, 4.69) is 29.7 Å². The highest BCUT2D eigenvalue weighted by Crippen LogP contribution is 2.31. The molecule has 0 bridgehead atoms. The van der Waals surface area contributed by atoms with Crippen LogP contribution in [0, 0.1) is 0 Å². The highest BCUT2D eigenvalue weighted by Gasteiger charge is 2.25. The molecule has 19 heavy (non-hydrogen) atoms. The normalized spacial score (nSPS) is 20.8. The second-order valence-electron chi connectivity index (χ2n) is 5.21. The van der Waals surface area contributed by atoms with E-state index in [1.165, 1.54) is 11.3 Å². The van der Waals surface area contributed by atoms with Gasteiger partial charge in [-0.2, -0.15) is 0 Å². The van der Waals surface area contributed by atoms with Crippen LogP contribution in [-0.2, 0) is 6.42 Å². The molecular formula is C15H24ClN3. The Labute approximate surface area is 121 Å². The van der Waals surface area contributed by atoms with E-state index in [-0.39, 0.29) is 0 Å². The van der Waals surface area contributed by atoms with Crippen molar-refractivity contribution in [2.75, 3.05) is 37.6 Å². The standard InChI is InChI=1S/C15H24ClN3/c1-3-18-9-10-19(11-12(18)2)15-13(7-8-17)5-4-6-14(15)16/h4-6,12H,3,7-11,17H2,1-2H3. The van der Waals surface area contributed by atoms with Gasteiger partial charge < -0.3 is 10.6 Å². The minimum Gasteiger partial charge on any atom is -0.367 e. The second-order valence-corrected chi connectivity index (χ2v) is 5.62. The molecule has 2 N–H and O–H groups in total. The van der Waals surface area contributed by atoms with Crippen LogP contribution in [0.15, 0.2) is 18.2 Å². The number of hydrogen-bond donors (Lipinski definition) is 1. The zero-order valence-corrected chi connectivity index (χ0v) is 12.7. The molecule has 2 rings (SSSR count). The number of hydrogen-bond acceptors (Lipinski definition) is 3. The Morgan fingerprint density at radius 1 is 1.37 bits per heavy atom. The van der Waals surface area contributed by atoms with Crippen molar-refractivity contribution in [2.45, 2.75) is 26.3 Å². The molecule has 3 nitrogen and oxygen atoms in total. The van der Waals surface area contributed by atoms with E-state index in [4.69, 9.17) is 17.3 Å². The van der Waals surface area contributed by atoms with E-state index in [1.54, 1.807) is 0 Å². The number of rotatable bonds is 4. The molecule has 0 radical (unpaired) electrons. The predicted octanol–water partition coefficient (Wildman–Crippen LogP) is 2.37. The second kappa shape index (κ2) is 6.60. The van der Waals surface area contributed by atoms with E-state index in [0.717, 1.165) is 37.6 Å². The molecule has 1 heterocycles. The van der Waals surface area contributed by atoms with Crippen LogP contribution >= 0.6 is 11.6 Å². The summed E-state index contributed by atoms with van der Waals surface area (Å²) in [5, 5.41) is 0.850. The molecule has 0 amide bonds. The monoisotopic (exact) mass is 281 g/mol. The summed E-state index contributed by atoms with van der Waals surface area (Å²) < 4.78 is 0. The number of para-hydroxylation sites is 1. The van der Waals surface area contributed by atoms with Crippen molar-refractivity contribution in [3.63, 3.8) is 0 Å². The molecule has 1 aromatic rings. The molecule has 1 saturated heterocycles. The molecular weight excluding hydrogens is 258 g/mol. The van der Waals surface area contributed by atoms with Gasteiger partial charge in [0, 0.05) is 25.7 Å². The van der Waals surface area contributed by atoms with Crippen molar-refractivity contribution in [3.8, 4) is 0 Å². The van der Waals surface area contributed by atoms with Gasteiger partial charge in [-0.15, -0.1) is 0 Å². The maximum absolute atomic E-state index is 6.42. The Hall–Kier alpha value is -0.770. The lowest BCUT2D eigenvalue weighted by Crippen LogP contribution is -2.52. The molecule has 1 unspecified atom stereocenters. The molecule has 1 fully saturated rings. The summed E-state index contributed by atoms with van der Waals surface area (Å²) in [7, 11) is 0. The summed E-state index contributed by atoms with van der Waals surface area (Å²) in [6, 6.07) is 6.71. The van der Waals surface area contributed by atoms with Crippen molar-refractivity contribution < 1.29 is 0 Å². The van der Waals surface area contributed by atoms with Crippen molar-refractivity contribution in [1.29, 1.82) is 0 Å². The van der Waals surface area contributed by atoms with Gasteiger partial charge in [-0.25, -0.2) is 0 Å². The minimum absolute atomic E-state index is 0.570. The Kier molecular flexibility index (Phi) is 5.08. The smallest absolute Gasteiger partial charge is 0.0642 e. The summed E-state index contributed by atoms with van der Waals surface area (Å²) in [6.07, 6.45) is 0.887. The lowest BCUT2D eigenvalue weighted by Gasteiger charge is -2.41. The van der Waals surface area contributed by atoms with E-state index >= 15 is 0 Å². The van der Waals surface area contributed by atoms with E-state index in [1.807, 2.05) is 12.1 Å². The topological polar surface area (TPSA) is 32.5 Å². The van der Waals surface area contributed by atoms with Crippen molar-refractivity contribution in [1.82, 2.24) is 4.90 Å². The maximum atomic E-state index is 6.42. The third-order valence-corrected chi connectivity index (χ3v) is 4.28. The molecule has 1 atom stereocenters. The molecule has 0 saturated carbocycles. The molecule has 0 spiro atoms. The third-order valence-electron chi connectivity index (χ3n) is 3.97. The molecule has 1 aromatic carbocycles. The first-order valence-electron chi connectivity index (χ1n) is 7.13. The van der Waals surface area contributed by atoms with Crippen LogP contribution in [-0.4, -0.2) is 43.7 Å². The van der Waals surface area contributed by atoms with Gasteiger partial charge in [0.25, 0.3) is 0 Å². The number of halogens is 1. The zero-order valence-electron chi connectivity index (χ0n) is 11.9. The largest absolute Gasteiger partial charge is 0.367 e. The van der Waals surface area contributed by atoms with Crippen LogP contribution in [0.5, 0.6) is 0 Å². The van der Waals surface area contributed by atoms with Gasteiger partial charge in [0.1, 0.15) is 0 Å². The Balaban J connectivity index is 2.22. The van der Waals surface area contributed by atoms with E-state index in [9.17, 15) is 0 Å². The molecule has 0 aromatic heterocycles. The van der Waals surface area contributed by atoms with Crippen LogP contribution in [0.2, 0.25) is 5.02 Å². The van der Waals surface area contributed by atoms with Crippen LogP contribution in [0.1, 0.15) is 19.4 Å². The first-order chi connectivity index (χ1) is 9.17. The van der Waals surface area contributed by atoms with Crippen LogP contribution < -0.4 is 10.6 Å². The van der Waals surface area contributed by atoms with Crippen LogP contribution in [0.3, 0.4) is 0 Å². The Bertz CT molecular complexity index is 422. The fourth-order valence-electron chi connectivity index (χ4n) is 2.94. The zero-order chi connectivity index (χ0) is 13.8. The number of piperazine rings is 1. The van der Waals surface area contributed by atoms with Gasteiger partial charge in [-0.1, -0.05) is 30.7 Å².